The summed E-state index contributed by atoms with van der Waals surface area (Å²) in [5, 5.41) is 0. The van der Waals surface area contributed by atoms with Crippen LogP contribution in [0, 0.1) is 11.6 Å². The molecule has 26 heavy (non-hydrogen) atoms. The summed E-state index contributed by atoms with van der Waals surface area (Å²) in [7, 11) is -2.08. The molecule has 0 aliphatic rings. The fraction of sp³-hybridized carbons (Fsp3) is 0.278. The van der Waals surface area contributed by atoms with E-state index in [4.69, 9.17) is 0 Å². The lowest BCUT2D eigenvalue weighted by Crippen LogP contribution is -2.34. The largest absolute Gasteiger partial charge is 0.341 e. The first-order valence-electron chi connectivity index (χ1n) is 7.86. The molecule has 2 aromatic rings. The summed E-state index contributed by atoms with van der Waals surface area (Å²) < 4.78 is 52.4. The average molecular weight is 382 g/mol. The maximum Gasteiger partial charge on any atom is 0.224 e. The zero-order valence-electron chi connectivity index (χ0n) is 14.4. The highest BCUT2D eigenvalue weighted by molar-refractivity contribution is 7.88. The predicted molar refractivity (Wildman–Crippen MR) is 94.6 cm³/mol. The number of benzene rings is 2. The highest BCUT2D eigenvalue weighted by atomic mass is 32.2. The smallest absolute Gasteiger partial charge is 0.224 e. The third kappa shape index (κ3) is 5.89. The van der Waals surface area contributed by atoms with Gasteiger partial charge in [-0.25, -0.2) is 21.9 Å². The molecule has 1 amide bonds. The normalized spacial score (nSPS) is 12.6. The Morgan fingerprint density at radius 3 is 2.31 bits per heavy atom. The van der Waals surface area contributed by atoms with Gasteiger partial charge in [0.1, 0.15) is 11.6 Å². The van der Waals surface area contributed by atoms with E-state index in [0.717, 1.165) is 6.26 Å². The molecule has 0 bridgehead atoms. The number of hydrogen-bond donors (Lipinski definition) is 1. The average Bonchev–Trinajstić information content (AvgIpc) is 2.55. The Kier molecular flexibility index (Phi) is 6.44. The molecule has 0 saturated heterocycles. The molecule has 8 heteroatoms. The molecule has 2 rings (SSSR count). The Morgan fingerprint density at radius 2 is 1.73 bits per heavy atom. The molecular weight excluding hydrogens is 362 g/mol. The molecule has 1 atom stereocenters. The molecule has 140 valence electrons. The van der Waals surface area contributed by atoms with Gasteiger partial charge in [0.05, 0.1) is 12.3 Å². The standard InChI is InChI=1S/C18H20F2N2O3S/c1-22(12-14-5-3-4-6-16(14)20)18(23)11-17(21-26(2,24)25)13-7-9-15(19)10-8-13/h3-10,17,21H,11-12H2,1-2H3/t17-/m0/s1. The molecule has 0 aliphatic heterocycles. The molecule has 0 unspecified atom stereocenters. The molecule has 0 fully saturated rings. The second-order valence-corrected chi connectivity index (χ2v) is 7.82. The number of sulfonamides is 1. The molecular formula is C18H20F2N2O3S. The predicted octanol–water partition coefficient (Wildman–Crippen LogP) is 2.60. The molecule has 0 aliphatic carbocycles. The van der Waals surface area contributed by atoms with Crippen LogP contribution >= 0.6 is 0 Å². The van der Waals surface area contributed by atoms with Gasteiger partial charge < -0.3 is 4.90 Å². The van der Waals surface area contributed by atoms with E-state index in [1.165, 1.54) is 42.3 Å². The van der Waals surface area contributed by atoms with Crippen LogP contribution in [-0.2, 0) is 21.4 Å². The van der Waals surface area contributed by atoms with Gasteiger partial charge in [0.25, 0.3) is 0 Å². The minimum absolute atomic E-state index is 0.0561. The van der Waals surface area contributed by atoms with Gasteiger partial charge in [-0.1, -0.05) is 30.3 Å². The van der Waals surface area contributed by atoms with Crippen LogP contribution in [0.4, 0.5) is 8.78 Å². The Bertz CT molecular complexity index is 870. The number of nitrogens with zero attached hydrogens (tertiary/aromatic N) is 1. The summed E-state index contributed by atoms with van der Waals surface area (Å²) in [5.41, 5.74) is 0.822. The number of halogens is 2. The van der Waals surface area contributed by atoms with Crippen molar-refractivity contribution in [3.05, 3.63) is 71.3 Å². The van der Waals surface area contributed by atoms with Gasteiger partial charge in [0, 0.05) is 25.6 Å². The summed E-state index contributed by atoms with van der Waals surface area (Å²) >= 11 is 0. The van der Waals surface area contributed by atoms with Gasteiger partial charge in [-0.2, -0.15) is 0 Å². The quantitative estimate of drug-likeness (QED) is 0.801. The van der Waals surface area contributed by atoms with E-state index < -0.39 is 27.7 Å². The number of hydrogen-bond acceptors (Lipinski definition) is 3. The Morgan fingerprint density at radius 1 is 1.12 bits per heavy atom. The third-order valence-corrected chi connectivity index (χ3v) is 4.51. The zero-order chi connectivity index (χ0) is 19.3. The summed E-state index contributed by atoms with van der Waals surface area (Å²) in [5.74, 6) is -1.26. The van der Waals surface area contributed by atoms with Crippen molar-refractivity contribution in [3.63, 3.8) is 0 Å². The maximum absolute atomic E-state index is 13.7. The number of amides is 1. The number of nitrogens with one attached hydrogen (secondary N) is 1. The van der Waals surface area contributed by atoms with E-state index in [2.05, 4.69) is 4.72 Å². The monoisotopic (exact) mass is 382 g/mol. The molecule has 0 aromatic heterocycles. The van der Waals surface area contributed by atoms with Crippen molar-refractivity contribution >= 4 is 15.9 Å². The third-order valence-electron chi connectivity index (χ3n) is 3.80. The SMILES string of the molecule is CN(Cc1ccccc1F)C(=O)C[C@H](NS(C)(=O)=O)c1ccc(F)cc1. The Hall–Kier alpha value is -2.32. The molecule has 0 heterocycles. The van der Waals surface area contributed by atoms with Crippen LogP contribution in [-0.4, -0.2) is 32.5 Å². The second kappa shape index (κ2) is 8.37. The van der Waals surface area contributed by atoms with Crippen molar-refractivity contribution in [2.45, 2.75) is 19.0 Å². The minimum atomic E-state index is -3.59. The van der Waals surface area contributed by atoms with E-state index >= 15 is 0 Å². The van der Waals surface area contributed by atoms with Gasteiger partial charge >= 0.3 is 0 Å². The number of rotatable bonds is 7. The van der Waals surface area contributed by atoms with E-state index in [1.54, 1.807) is 18.2 Å². The van der Waals surface area contributed by atoms with E-state index in [1.807, 2.05) is 0 Å². The fourth-order valence-corrected chi connectivity index (χ4v) is 3.22. The van der Waals surface area contributed by atoms with Gasteiger partial charge in [0.2, 0.25) is 15.9 Å². The Labute approximate surface area is 151 Å². The summed E-state index contributed by atoms with van der Waals surface area (Å²) in [6.07, 6.45) is 0.806. The van der Waals surface area contributed by atoms with E-state index in [0.29, 0.717) is 11.1 Å². The molecule has 2 aromatic carbocycles. The first-order chi connectivity index (χ1) is 12.2. The van der Waals surface area contributed by atoms with Crippen molar-refractivity contribution in [3.8, 4) is 0 Å². The van der Waals surface area contributed by atoms with Crippen LogP contribution < -0.4 is 4.72 Å². The maximum atomic E-state index is 13.7. The van der Waals surface area contributed by atoms with Crippen LogP contribution in [0.5, 0.6) is 0 Å². The summed E-state index contributed by atoms with van der Waals surface area (Å²) in [6.45, 7) is 0.0561. The van der Waals surface area contributed by atoms with Crippen molar-refractivity contribution in [1.29, 1.82) is 0 Å². The lowest BCUT2D eigenvalue weighted by Gasteiger charge is -2.22. The van der Waals surface area contributed by atoms with Crippen LogP contribution in [0.2, 0.25) is 0 Å². The van der Waals surface area contributed by atoms with Crippen molar-refractivity contribution in [1.82, 2.24) is 9.62 Å². The highest BCUT2D eigenvalue weighted by Crippen LogP contribution is 2.20. The van der Waals surface area contributed by atoms with E-state index in [9.17, 15) is 22.0 Å². The zero-order valence-corrected chi connectivity index (χ0v) is 15.3. The minimum Gasteiger partial charge on any atom is -0.341 e. The van der Waals surface area contributed by atoms with Gasteiger partial charge in [-0.3, -0.25) is 4.79 Å². The molecule has 5 nitrogen and oxygen atoms in total. The van der Waals surface area contributed by atoms with Crippen LogP contribution in [0.1, 0.15) is 23.6 Å². The van der Waals surface area contributed by atoms with Crippen LogP contribution in [0.3, 0.4) is 0 Å². The van der Waals surface area contributed by atoms with E-state index in [-0.39, 0.29) is 18.9 Å². The first kappa shape index (κ1) is 20.0. The summed E-state index contributed by atoms with van der Waals surface area (Å²) in [4.78, 5) is 13.8. The molecule has 1 N–H and O–H groups in total. The second-order valence-electron chi connectivity index (χ2n) is 6.04. The lowest BCUT2D eigenvalue weighted by molar-refractivity contribution is -0.130. The van der Waals surface area contributed by atoms with Gasteiger partial charge in [0.15, 0.2) is 0 Å². The molecule has 0 spiro atoms. The van der Waals surface area contributed by atoms with Gasteiger partial charge in [-0.15, -0.1) is 0 Å². The number of carbonyl (C=O) groups is 1. The highest BCUT2D eigenvalue weighted by Gasteiger charge is 2.22. The lowest BCUT2D eigenvalue weighted by atomic mass is 10.0. The van der Waals surface area contributed by atoms with Crippen molar-refractivity contribution < 1.29 is 22.0 Å². The van der Waals surface area contributed by atoms with Crippen LogP contribution in [0.25, 0.3) is 0 Å². The summed E-state index contributed by atoms with van der Waals surface area (Å²) in [6, 6.07) is 10.5. The topological polar surface area (TPSA) is 66.5 Å². The molecule has 0 radical (unpaired) electrons. The van der Waals surface area contributed by atoms with Crippen molar-refractivity contribution in [2.75, 3.05) is 13.3 Å². The Balaban J connectivity index is 2.14. The number of carbonyl (C=O) groups excluding carboxylic acids is 1. The van der Waals surface area contributed by atoms with Crippen LogP contribution in [0.15, 0.2) is 48.5 Å². The first-order valence-corrected chi connectivity index (χ1v) is 9.75. The fourth-order valence-electron chi connectivity index (χ4n) is 2.48. The molecule has 0 saturated carbocycles. The van der Waals surface area contributed by atoms with Crippen molar-refractivity contribution in [2.24, 2.45) is 0 Å². The van der Waals surface area contributed by atoms with Gasteiger partial charge in [-0.05, 0) is 23.8 Å².